The zero-order chi connectivity index (χ0) is 13.4. The van der Waals surface area contributed by atoms with Crippen LogP contribution in [0.4, 0.5) is 0 Å². The number of nitrogens with one attached hydrogen (secondary N) is 1. The first kappa shape index (κ1) is 15.4. The molecule has 0 saturated carbocycles. The molecule has 0 saturated heterocycles. The second-order valence-electron chi connectivity index (χ2n) is 4.64. The Labute approximate surface area is 116 Å². The number of ether oxygens (including phenoxy) is 1. The van der Waals surface area contributed by atoms with Crippen molar-refractivity contribution < 1.29 is 4.74 Å². The fourth-order valence-corrected chi connectivity index (χ4v) is 2.86. The smallest absolute Gasteiger partial charge is 0.119 e. The Morgan fingerprint density at radius 2 is 2.17 bits per heavy atom. The third-order valence-corrected chi connectivity index (χ3v) is 3.92. The highest BCUT2D eigenvalue weighted by molar-refractivity contribution is 7.98. The van der Waals surface area contributed by atoms with Crippen LogP contribution < -0.4 is 10.1 Å². The van der Waals surface area contributed by atoms with E-state index in [-0.39, 0.29) is 0 Å². The van der Waals surface area contributed by atoms with Crippen LogP contribution in [0.5, 0.6) is 5.75 Å². The van der Waals surface area contributed by atoms with E-state index in [1.54, 1.807) is 7.11 Å². The lowest BCUT2D eigenvalue weighted by Gasteiger charge is -2.25. The molecule has 18 heavy (non-hydrogen) atoms. The molecule has 0 spiro atoms. The van der Waals surface area contributed by atoms with Crippen LogP contribution in [0.15, 0.2) is 24.3 Å². The summed E-state index contributed by atoms with van der Waals surface area (Å²) in [6.45, 7) is 5.57. The van der Waals surface area contributed by atoms with E-state index in [1.165, 1.54) is 11.3 Å². The van der Waals surface area contributed by atoms with Gasteiger partial charge in [0.15, 0.2) is 0 Å². The third kappa shape index (κ3) is 4.54. The van der Waals surface area contributed by atoms with Crippen LogP contribution in [0.2, 0.25) is 0 Å². The van der Waals surface area contributed by atoms with Gasteiger partial charge in [0, 0.05) is 6.04 Å². The second kappa shape index (κ2) is 8.44. The zero-order valence-electron chi connectivity index (χ0n) is 11.9. The maximum atomic E-state index is 5.32. The van der Waals surface area contributed by atoms with E-state index in [4.69, 9.17) is 4.74 Å². The molecule has 0 bridgehead atoms. The minimum Gasteiger partial charge on any atom is -0.497 e. The van der Waals surface area contributed by atoms with Crippen molar-refractivity contribution in [3.8, 4) is 5.75 Å². The summed E-state index contributed by atoms with van der Waals surface area (Å²) >= 11 is 1.90. The van der Waals surface area contributed by atoms with Crippen molar-refractivity contribution in [3.05, 3.63) is 29.8 Å². The lowest BCUT2D eigenvalue weighted by Crippen LogP contribution is -2.28. The zero-order valence-corrected chi connectivity index (χ0v) is 12.7. The standard InChI is InChI=1S/C15H25NOS/c1-5-9-16-15(12(2)11-18-4)13-7-6-8-14(10-13)17-3/h6-8,10,12,15-16H,5,9,11H2,1-4H3. The number of thioether (sulfide) groups is 1. The van der Waals surface area contributed by atoms with E-state index in [2.05, 4.69) is 43.6 Å². The van der Waals surface area contributed by atoms with E-state index >= 15 is 0 Å². The van der Waals surface area contributed by atoms with Gasteiger partial charge in [0.25, 0.3) is 0 Å². The van der Waals surface area contributed by atoms with Crippen molar-refractivity contribution in [2.75, 3.05) is 25.7 Å². The molecule has 3 heteroatoms. The molecule has 102 valence electrons. The van der Waals surface area contributed by atoms with Crippen LogP contribution >= 0.6 is 11.8 Å². The van der Waals surface area contributed by atoms with Crippen LogP contribution in [0.1, 0.15) is 31.9 Å². The van der Waals surface area contributed by atoms with Crippen molar-refractivity contribution in [2.45, 2.75) is 26.3 Å². The van der Waals surface area contributed by atoms with Gasteiger partial charge in [-0.05, 0) is 48.6 Å². The number of benzene rings is 1. The molecule has 1 N–H and O–H groups in total. The Morgan fingerprint density at radius 3 is 2.78 bits per heavy atom. The minimum atomic E-state index is 0.410. The Morgan fingerprint density at radius 1 is 1.39 bits per heavy atom. The molecule has 0 heterocycles. The lowest BCUT2D eigenvalue weighted by atomic mass is 9.95. The fraction of sp³-hybridized carbons (Fsp3) is 0.600. The Bertz CT molecular complexity index is 343. The average molecular weight is 267 g/mol. The molecule has 0 aliphatic carbocycles. The summed E-state index contributed by atoms with van der Waals surface area (Å²) in [6, 6.07) is 8.81. The Hall–Kier alpha value is -0.670. The van der Waals surface area contributed by atoms with Gasteiger partial charge in [-0.3, -0.25) is 0 Å². The molecule has 1 aromatic rings. The molecule has 1 rings (SSSR count). The predicted molar refractivity (Wildman–Crippen MR) is 81.6 cm³/mol. The van der Waals surface area contributed by atoms with Gasteiger partial charge in [0.05, 0.1) is 7.11 Å². The summed E-state index contributed by atoms with van der Waals surface area (Å²) in [5.41, 5.74) is 1.32. The monoisotopic (exact) mass is 267 g/mol. The quantitative estimate of drug-likeness (QED) is 0.775. The van der Waals surface area contributed by atoms with Crippen molar-refractivity contribution in [3.63, 3.8) is 0 Å². The van der Waals surface area contributed by atoms with Crippen molar-refractivity contribution >= 4 is 11.8 Å². The van der Waals surface area contributed by atoms with E-state index in [9.17, 15) is 0 Å². The predicted octanol–water partition coefficient (Wildman–Crippen LogP) is 3.74. The lowest BCUT2D eigenvalue weighted by molar-refractivity contribution is 0.402. The highest BCUT2D eigenvalue weighted by atomic mass is 32.2. The minimum absolute atomic E-state index is 0.410. The highest BCUT2D eigenvalue weighted by Gasteiger charge is 2.18. The molecule has 0 radical (unpaired) electrons. The molecule has 0 aliphatic heterocycles. The molecule has 2 atom stereocenters. The topological polar surface area (TPSA) is 21.3 Å². The summed E-state index contributed by atoms with van der Waals surface area (Å²) in [5.74, 6) is 2.71. The van der Waals surface area contributed by atoms with Crippen molar-refractivity contribution in [2.24, 2.45) is 5.92 Å². The highest BCUT2D eigenvalue weighted by Crippen LogP contribution is 2.27. The number of rotatable bonds is 8. The first-order chi connectivity index (χ1) is 8.72. The summed E-state index contributed by atoms with van der Waals surface area (Å²) in [7, 11) is 1.72. The van der Waals surface area contributed by atoms with Gasteiger partial charge in [-0.25, -0.2) is 0 Å². The molecule has 2 nitrogen and oxygen atoms in total. The van der Waals surface area contributed by atoms with Gasteiger partial charge in [-0.1, -0.05) is 26.0 Å². The van der Waals surface area contributed by atoms with Gasteiger partial charge in [-0.2, -0.15) is 11.8 Å². The van der Waals surface area contributed by atoms with Gasteiger partial charge in [0.2, 0.25) is 0 Å². The van der Waals surface area contributed by atoms with Crippen molar-refractivity contribution in [1.82, 2.24) is 5.32 Å². The average Bonchev–Trinajstić information content (AvgIpc) is 2.40. The van der Waals surface area contributed by atoms with E-state index < -0.39 is 0 Å². The molecule has 0 aromatic heterocycles. The van der Waals surface area contributed by atoms with Gasteiger partial charge < -0.3 is 10.1 Å². The fourth-order valence-electron chi connectivity index (χ4n) is 2.14. The molecule has 0 fully saturated rings. The van der Waals surface area contributed by atoms with E-state index in [0.29, 0.717) is 12.0 Å². The second-order valence-corrected chi connectivity index (χ2v) is 5.55. The molecule has 0 aliphatic rings. The van der Waals surface area contributed by atoms with Crippen LogP contribution in [0, 0.1) is 5.92 Å². The summed E-state index contributed by atoms with van der Waals surface area (Å²) in [4.78, 5) is 0. The van der Waals surface area contributed by atoms with Crippen LogP contribution in [0.25, 0.3) is 0 Å². The van der Waals surface area contributed by atoms with E-state index in [0.717, 1.165) is 18.7 Å². The summed E-state index contributed by atoms with van der Waals surface area (Å²) in [5, 5.41) is 3.65. The third-order valence-electron chi connectivity index (χ3n) is 3.07. The first-order valence-corrected chi connectivity index (χ1v) is 7.98. The van der Waals surface area contributed by atoms with Gasteiger partial charge in [-0.15, -0.1) is 0 Å². The largest absolute Gasteiger partial charge is 0.497 e. The summed E-state index contributed by atoms with van der Waals surface area (Å²) < 4.78 is 5.32. The maximum Gasteiger partial charge on any atom is 0.119 e. The number of methoxy groups -OCH3 is 1. The molecule has 2 unspecified atom stereocenters. The Balaban J connectivity index is 2.85. The van der Waals surface area contributed by atoms with Gasteiger partial charge >= 0.3 is 0 Å². The normalized spacial score (nSPS) is 14.2. The summed E-state index contributed by atoms with van der Waals surface area (Å²) in [6.07, 6.45) is 3.32. The Kier molecular flexibility index (Phi) is 7.21. The first-order valence-electron chi connectivity index (χ1n) is 6.59. The van der Waals surface area contributed by atoms with E-state index in [1.807, 2.05) is 17.8 Å². The van der Waals surface area contributed by atoms with Gasteiger partial charge in [0.1, 0.15) is 5.75 Å². The van der Waals surface area contributed by atoms with Crippen LogP contribution in [-0.4, -0.2) is 25.7 Å². The molecule has 0 amide bonds. The SMILES string of the molecule is CCCNC(c1cccc(OC)c1)C(C)CSC. The molecular formula is C15H25NOS. The molecular weight excluding hydrogens is 242 g/mol. The van der Waals surface area contributed by atoms with Crippen LogP contribution in [0.3, 0.4) is 0 Å². The van der Waals surface area contributed by atoms with Crippen molar-refractivity contribution in [1.29, 1.82) is 0 Å². The maximum absolute atomic E-state index is 5.32. The molecule has 1 aromatic carbocycles. The number of hydrogen-bond acceptors (Lipinski definition) is 3. The number of hydrogen-bond donors (Lipinski definition) is 1. The van der Waals surface area contributed by atoms with Crippen LogP contribution in [-0.2, 0) is 0 Å².